The lowest BCUT2D eigenvalue weighted by molar-refractivity contribution is 0.0263. The second-order valence-electron chi connectivity index (χ2n) is 8.67. The summed E-state index contributed by atoms with van der Waals surface area (Å²) in [7, 11) is 0. The molecule has 0 N–H and O–H groups in total. The maximum absolute atomic E-state index is 12.1. The SMILES string of the molecule is CCOC(=O)c1ccc(OC2CCCC2N2CCC3(CCOC3)CC2)cc1CCl. The predicted molar refractivity (Wildman–Crippen MR) is 113 cm³/mol. The van der Waals surface area contributed by atoms with Crippen molar-refractivity contribution in [1.82, 2.24) is 4.90 Å². The van der Waals surface area contributed by atoms with Gasteiger partial charge in [0.05, 0.1) is 18.8 Å². The lowest BCUT2D eigenvalue weighted by atomic mass is 9.77. The van der Waals surface area contributed by atoms with Gasteiger partial charge in [0.25, 0.3) is 0 Å². The lowest BCUT2D eigenvalue weighted by Gasteiger charge is -2.42. The minimum absolute atomic E-state index is 0.195. The molecule has 5 nitrogen and oxygen atoms in total. The number of piperidine rings is 1. The molecule has 0 radical (unpaired) electrons. The molecule has 2 unspecified atom stereocenters. The molecule has 2 heterocycles. The van der Waals surface area contributed by atoms with Crippen LogP contribution in [0.25, 0.3) is 0 Å². The van der Waals surface area contributed by atoms with Crippen molar-refractivity contribution in [2.45, 2.75) is 63.5 Å². The quantitative estimate of drug-likeness (QED) is 0.503. The molecule has 2 saturated heterocycles. The fraction of sp³-hybridized carbons (Fsp3) is 0.696. The van der Waals surface area contributed by atoms with Crippen LogP contribution in [0.5, 0.6) is 5.75 Å². The number of esters is 1. The van der Waals surface area contributed by atoms with Crippen LogP contribution in [0.15, 0.2) is 18.2 Å². The third kappa shape index (κ3) is 4.57. The largest absolute Gasteiger partial charge is 0.489 e. The monoisotopic (exact) mass is 421 g/mol. The topological polar surface area (TPSA) is 48.0 Å². The van der Waals surface area contributed by atoms with Crippen molar-refractivity contribution in [3.63, 3.8) is 0 Å². The second-order valence-corrected chi connectivity index (χ2v) is 8.93. The Morgan fingerprint density at radius 3 is 2.79 bits per heavy atom. The number of benzene rings is 1. The highest BCUT2D eigenvalue weighted by atomic mass is 35.5. The van der Waals surface area contributed by atoms with Crippen molar-refractivity contribution in [1.29, 1.82) is 0 Å². The predicted octanol–water partition coefficient (Wildman–Crippen LogP) is 4.40. The maximum Gasteiger partial charge on any atom is 0.338 e. The van der Waals surface area contributed by atoms with Gasteiger partial charge in [0.1, 0.15) is 11.9 Å². The van der Waals surface area contributed by atoms with Crippen LogP contribution in [0.3, 0.4) is 0 Å². The van der Waals surface area contributed by atoms with Gasteiger partial charge >= 0.3 is 5.97 Å². The molecule has 1 aliphatic carbocycles. The highest BCUT2D eigenvalue weighted by Gasteiger charge is 2.42. The highest BCUT2D eigenvalue weighted by molar-refractivity contribution is 6.17. The number of carbonyl (C=O) groups is 1. The second kappa shape index (κ2) is 9.23. The number of nitrogens with zero attached hydrogens (tertiary/aromatic N) is 1. The van der Waals surface area contributed by atoms with E-state index in [0.29, 0.717) is 23.6 Å². The van der Waals surface area contributed by atoms with Crippen LogP contribution in [-0.2, 0) is 15.4 Å². The molecule has 0 amide bonds. The van der Waals surface area contributed by atoms with E-state index in [9.17, 15) is 4.79 Å². The van der Waals surface area contributed by atoms with Crippen LogP contribution in [0.2, 0.25) is 0 Å². The summed E-state index contributed by atoms with van der Waals surface area (Å²) in [5, 5.41) is 0. The van der Waals surface area contributed by atoms with Gasteiger partial charge in [-0.25, -0.2) is 4.79 Å². The Hall–Kier alpha value is -1.30. The molecule has 1 aromatic rings. The Morgan fingerprint density at radius 2 is 2.10 bits per heavy atom. The molecular weight excluding hydrogens is 390 g/mol. The molecule has 4 rings (SSSR count). The zero-order valence-corrected chi connectivity index (χ0v) is 18.1. The summed E-state index contributed by atoms with van der Waals surface area (Å²) in [6.45, 7) is 6.31. The molecule has 1 aromatic carbocycles. The fourth-order valence-corrected chi connectivity index (χ4v) is 5.39. The average Bonchev–Trinajstić information content (AvgIpc) is 3.39. The number of hydrogen-bond donors (Lipinski definition) is 0. The van der Waals surface area contributed by atoms with Crippen molar-refractivity contribution >= 4 is 17.6 Å². The zero-order valence-electron chi connectivity index (χ0n) is 17.3. The van der Waals surface area contributed by atoms with E-state index in [2.05, 4.69) is 4.90 Å². The first kappa shape index (κ1) is 21.0. The Kier molecular flexibility index (Phi) is 6.67. The standard InChI is InChI=1S/C23H32ClNO4/c1-2-28-22(26)19-7-6-18(14-17(19)15-24)29-21-5-3-4-20(21)25-11-8-23(9-12-25)10-13-27-16-23/h6-7,14,20-21H,2-5,8-13,15-16H2,1H3. The molecule has 160 valence electrons. The molecular formula is C23H32ClNO4. The first-order chi connectivity index (χ1) is 14.1. The van der Waals surface area contributed by atoms with Crippen molar-refractivity contribution in [3.8, 4) is 5.75 Å². The van der Waals surface area contributed by atoms with Crippen LogP contribution in [0, 0.1) is 5.41 Å². The van der Waals surface area contributed by atoms with Gasteiger partial charge in [-0.1, -0.05) is 0 Å². The van der Waals surface area contributed by atoms with Crippen LogP contribution < -0.4 is 4.74 Å². The Labute approximate surface area is 178 Å². The first-order valence-corrected chi connectivity index (χ1v) is 11.5. The minimum atomic E-state index is -0.327. The van der Waals surface area contributed by atoms with Gasteiger partial charge in [-0.2, -0.15) is 0 Å². The Bertz CT molecular complexity index is 709. The average molecular weight is 422 g/mol. The Morgan fingerprint density at radius 1 is 1.28 bits per heavy atom. The lowest BCUT2D eigenvalue weighted by Crippen LogP contribution is -2.49. The van der Waals surface area contributed by atoms with Gasteiger partial charge in [-0.05, 0) is 87.7 Å². The Balaban J connectivity index is 1.40. The fourth-order valence-electron chi connectivity index (χ4n) is 5.17. The van der Waals surface area contributed by atoms with Crippen LogP contribution in [0.4, 0.5) is 0 Å². The van der Waals surface area contributed by atoms with Crippen LogP contribution in [0.1, 0.15) is 61.4 Å². The van der Waals surface area contributed by atoms with E-state index in [0.717, 1.165) is 44.0 Å². The van der Waals surface area contributed by atoms with E-state index in [1.165, 1.54) is 32.1 Å². The number of halogens is 1. The van der Waals surface area contributed by atoms with Gasteiger partial charge in [0.2, 0.25) is 0 Å². The number of carbonyl (C=O) groups excluding carboxylic acids is 1. The summed E-state index contributed by atoms with van der Waals surface area (Å²) < 4.78 is 17.2. The van der Waals surface area contributed by atoms with E-state index in [4.69, 9.17) is 25.8 Å². The zero-order chi connectivity index (χ0) is 20.3. The molecule has 3 aliphatic rings. The molecule has 1 spiro atoms. The normalized spacial score (nSPS) is 26.7. The summed E-state index contributed by atoms with van der Waals surface area (Å²) in [6, 6.07) is 6.02. The van der Waals surface area contributed by atoms with E-state index >= 15 is 0 Å². The van der Waals surface area contributed by atoms with Gasteiger partial charge < -0.3 is 14.2 Å². The summed E-state index contributed by atoms with van der Waals surface area (Å²) >= 11 is 6.09. The summed E-state index contributed by atoms with van der Waals surface area (Å²) in [6.07, 6.45) is 7.35. The number of hydrogen-bond acceptors (Lipinski definition) is 5. The molecule has 0 bridgehead atoms. The maximum atomic E-state index is 12.1. The third-order valence-electron chi connectivity index (χ3n) is 6.93. The van der Waals surface area contributed by atoms with Crippen molar-refractivity contribution in [2.24, 2.45) is 5.41 Å². The summed E-state index contributed by atoms with van der Waals surface area (Å²) in [5.74, 6) is 0.727. The number of ether oxygens (including phenoxy) is 3. The van der Waals surface area contributed by atoms with Gasteiger partial charge in [0, 0.05) is 18.5 Å². The van der Waals surface area contributed by atoms with Crippen LogP contribution in [-0.4, -0.2) is 55.9 Å². The van der Waals surface area contributed by atoms with Crippen molar-refractivity contribution in [3.05, 3.63) is 29.3 Å². The molecule has 29 heavy (non-hydrogen) atoms. The van der Waals surface area contributed by atoms with Crippen molar-refractivity contribution < 1.29 is 19.0 Å². The first-order valence-electron chi connectivity index (χ1n) is 11.0. The summed E-state index contributed by atoms with van der Waals surface area (Å²) in [5.41, 5.74) is 1.72. The van der Waals surface area contributed by atoms with Crippen LogP contribution >= 0.6 is 11.6 Å². The highest BCUT2D eigenvalue weighted by Crippen LogP contribution is 2.41. The van der Waals surface area contributed by atoms with Crippen molar-refractivity contribution in [2.75, 3.05) is 32.9 Å². The minimum Gasteiger partial charge on any atom is -0.489 e. The molecule has 6 heteroatoms. The third-order valence-corrected chi connectivity index (χ3v) is 7.22. The summed E-state index contributed by atoms with van der Waals surface area (Å²) in [4.78, 5) is 14.7. The molecule has 1 saturated carbocycles. The van der Waals surface area contributed by atoms with E-state index in [1.807, 2.05) is 12.1 Å². The van der Waals surface area contributed by atoms with E-state index < -0.39 is 0 Å². The van der Waals surface area contributed by atoms with E-state index in [1.54, 1.807) is 13.0 Å². The molecule has 3 fully saturated rings. The smallest absolute Gasteiger partial charge is 0.338 e. The van der Waals surface area contributed by atoms with Gasteiger partial charge in [-0.3, -0.25) is 4.90 Å². The number of alkyl halides is 1. The van der Waals surface area contributed by atoms with Gasteiger partial charge in [-0.15, -0.1) is 11.6 Å². The molecule has 2 aliphatic heterocycles. The van der Waals surface area contributed by atoms with E-state index in [-0.39, 0.29) is 18.0 Å². The number of likely N-dealkylation sites (tertiary alicyclic amines) is 1. The van der Waals surface area contributed by atoms with Gasteiger partial charge in [0.15, 0.2) is 0 Å². The molecule has 2 atom stereocenters. The molecule has 0 aromatic heterocycles. The number of rotatable bonds is 6.